The predicted octanol–water partition coefficient (Wildman–Crippen LogP) is 3.21. The number of unbranched alkanes of at least 4 members (excludes halogenated alkanes) is 1. The van der Waals surface area contributed by atoms with Crippen molar-refractivity contribution in [2.75, 3.05) is 0 Å². The zero-order valence-corrected chi connectivity index (χ0v) is 22.7. The van der Waals surface area contributed by atoms with Crippen molar-refractivity contribution in [1.82, 2.24) is 16.0 Å². The molecule has 0 aliphatic carbocycles. The maximum absolute atomic E-state index is 13.4. The van der Waals surface area contributed by atoms with Crippen molar-refractivity contribution in [2.24, 2.45) is 11.7 Å². The molecular formula is C28H41ClN4O4. The van der Waals surface area contributed by atoms with Crippen LogP contribution in [0.15, 0.2) is 54.6 Å². The number of aromatic hydroxyl groups is 1. The summed E-state index contributed by atoms with van der Waals surface area (Å²) < 4.78 is 0. The second-order valence-electron chi connectivity index (χ2n) is 9.26. The highest BCUT2D eigenvalue weighted by Crippen LogP contribution is 2.13. The molecule has 3 amide bonds. The van der Waals surface area contributed by atoms with Gasteiger partial charge in [0.2, 0.25) is 17.7 Å². The fraction of sp³-hybridized carbons (Fsp3) is 0.464. The van der Waals surface area contributed by atoms with Crippen LogP contribution in [0.2, 0.25) is 0 Å². The standard InChI is InChI=1S/C28H40N4O4.ClH/c1-4-6-12-23(29)26(34)31-24(17-20-13-15-22(33)16-14-20)27(35)32-25(19(3)5-2)28(36)30-18-21-10-8-7-9-11-21;/h7-11,13-16,19,23-25,33H,4-6,12,17-18,29H2,1-3H3,(H,30,36)(H,31,34)(H,32,35);1H/t19-,23-,24-,25-;/m0./s1. The number of benzene rings is 2. The van der Waals surface area contributed by atoms with Gasteiger partial charge in [0.1, 0.15) is 17.8 Å². The largest absolute Gasteiger partial charge is 0.508 e. The molecule has 0 aromatic heterocycles. The summed E-state index contributed by atoms with van der Waals surface area (Å²) in [5.41, 5.74) is 7.75. The Kier molecular flexibility index (Phi) is 14.3. The van der Waals surface area contributed by atoms with Gasteiger partial charge in [0.25, 0.3) is 0 Å². The lowest BCUT2D eigenvalue weighted by molar-refractivity contribution is -0.133. The van der Waals surface area contributed by atoms with E-state index in [0.29, 0.717) is 19.4 Å². The number of hydrogen-bond acceptors (Lipinski definition) is 5. The van der Waals surface area contributed by atoms with Gasteiger partial charge < -0.3 is 26.8 Å². The molecule has 37 heavy (non-hydrogen) atoms. The lowest BCUT2D eigenvalue weighted by Crippen LogP contribution is -2.57. The van der Waals surface area contributed by atoms with Crippen molar-refractivity contribution in [1.29, 1.82) is 0 Å². The van der Waals surface area contributed by atoms with Crippen LogP contribution in [0.25, 0.3) is 0 Å². The molecule has 0 fully saturated rings. The van der Waals surface area contributed by atoms with E-state index in [1.54, 1.807) is 12.1 Å². The highest BCUT2D eigenvalue weighted by molar-refractivity contribution is 5.93. The van der Waals surface area contributed by atoms with Gasteiger partial charge in [-0.05, 0) is 35.6 Å². The van der Waals surface area contributed by atoms with Crippen molar-refractivity contribution in [3.8, 4) is 5.75 Å². The van der Waals surface area contributed by atoms with Gasteiger partial charge >= 0.3 is 0 Å². The molecule has 0 bridgehead atoms. The number of hydrogen-bond donors (Lipinski definition) is 5. The molecule has 0 saturated carbocycles. The average molecular weight is 533 g/mol. The van der Waals surface area contributed by atoms with E-state index >= 15 is 0 Å². The average Bonchev–Trinajstić information content (AvgIpc) is 2.89. The van der Waals surface area contributed by atoms with E-state index in [4.69, 9.17) is 5.73 Å². The summed E-state index contributed by atoms with van der Waals surface area (Å²) >= 11 is 0. The van der Waals surface area contributed by atoms with Gasteiger partial charge in [-0.2, -0.15) is 0 Å². The Bertz CT molecular complexity index is 972. The number of phenols is 1. The Balaban J connectivity index is 0.00000684. The Morgan fingerprint density at radius 1 is 0.892 bits per heavy atom. The molecule has 0 saturated heterocycles. The van der Waals surface area contributed by atoms with E-state index in [1.807, 2.05) is 51.1 Å². The molecule has 0 aliphatic rings. The molecule has 8 nitrogen and oxygen atoms in total. The van der Waals surface area contributed by atoms with Crippen LogP contribution in [0.5, 0.6) is 5.75 Å². The van der Waals surface area contributed by atoms with Crippen molar-refractivity contribution < 1.29 is 19.5 Å². The van der Waals surface area contributed by atoms with Gasteiger partial charge in [-0.15, -0.1) is 12.4 Å². The zero-order valence-electron chi connectivity index (χ0n) is 21.9. The van der Waals surface area contributed by atoms with E-state index in [-0.39, 0.29) is 36.4 Å². The third-order valence-electron chi connectivity index (χ3n) is 6.32. The first-order valence-corrected chi connectivity index (χ1v) is 12.7. The first-order valence-electron chi connectivity index (χ1n) is 12.7. The van der Waals surface area contributed by atoms with Crippen LogP contribution >= 0.6 is 12.4 Å². The molecule has 9 heteroatoms. The number of amides is 3. The quantitative estimate of drug-likeness (QED) is 0.255. The fourth-order valence-corrected chi connectivity index (χ4v) is 3.76. The molecule has 204 valence electrons. The first kappa shape index (κ1) is 31.9. The maximum Gasteiger partial charge on any atom is 0.243 e. The SMILES string of the molecule is CCCC[C@H](N)C(=O)N[C@@H](Cc1ccc(O)cc1)C(=O)N[C@H](C(=O)NCc1ccccc1)[C@@H](C)CC.Cl. The van der Waals surface area contributed by atoms with Gasteiger partial charge in [0.05, 0.1) is 6.04 Å². The molecule has 4 atom stereocenters. The van der Waals surface area contributed by atoms with Crippen molar-refractivity contribution in [2.45, 2.75) is 77.5 Å². The van der Waals surface area contributed by atoms with Crippen LogP contribution in [0.1, 0.15) is 57.6 Å². The molecule has 0 heterocycles. The second kappa shape index (κ2) is 16.6. The molecular weight excluding hydrogens is 492 g/mol. The second-order valence-corrected chi connectivity index (χ2v) is 9.26. The number of nitrogens with one attached hydrogen (secondary N) is 3. The highest BCUT2D eigenvalue weighted by atomic mass is 35.5. The third kappa shape index (κ3) is 10.8. The summed E-state index contributed by atoms with van der Waals surface area (Å²) in [5, 5.41) is 18.1. The van der Waals surface area contributed by atoms with Crippen LogP contribution < -0.4 is 21.7 Å². The summed E-state index contributed by atoms with van der Waals surface area (Å²) in [6.45, 7) is 6.23. The van der Waals surface area contributed by atoms with Crippen LogP contribution in [-0.4, -0.2) is 41.0 Å². The minimum atomic E-state index is -0.928. The number of phenolic OH excluding ortho intramolecular Hbond substituents is 1. The minimum absolute atomic E-state index is 0. The Morgan fingerprint density at radius 3 is 2.14 bits per heavy atom. The molecule has 0 aliphatic heterocycles. The van der Waals surface area contributed by atoms with Gasteiger partial charge in [-0.1, -0.05) is 82.5 Å². The van der Waals surface area contributed by atoms with Crippen molar-refractivity contribution in [3.63, 3.8) is 0 Å². The number of carbonyl (C=O) groups excluding carboxylic acids is 3. The van der Waals surface area contributed by atoms with E-state index in [9.17, 15) is 19.5 Å². The predicted molar refractivity (Wildman–Crippen MR) is 148 cm³/mol. The van der Waals surface area contributed by atoms with Crippen molar-refractivity contribution in [3.05, 3.63) is 65.7 Å². The summed E-state index contributed by atoms with van der Waals surface area (Å²) in [5.74, 6) is -1.16. The highest BCUT2D eigenvalue weighted by Gasteiger charge is 2.30. The molecule has 2 aromatic carbocycles. The summed E-state index contributed by atoms with van der Waals surface area (Å²) in [6.07, 6.45) is 3.11. The van der Waals surface area contributed by atoms with E-state index < -0.39 is 29.9 Å². The third-order valence-corrected chi connectivity index (χ3v) is 6.32. The van der Waals surface area contributed by atoms with Crippen LogP contribution in [0.3, 0.4) is 0 Å². The minimum Gasteiger partial charge on any atom is -0.508 e. The summed E-state index contributed by atoms with van der Waals surface area (Å²) in [6, 6.07) is 13.6. The van der Waals surface area contributed by atoms with Gasteiger partial charge in [0, 0.05) is 13.0 Å². The molecule has 6 N–H and O–H groups in total. The Hall–Kier alpha value is -3.10. The molecule has 2 aromatic rings. The maximum atomic E-state index is 13.4. The smallest absolute Gasteiger partial charge is 0.243 e. The van der Waals surface area contributed by atoms with Crippen molar-refractivity contribution >= 4 is 30.1 Å². The fourth-order valence-electron chi connectivity index (χ4n) is 3.76. The Morgan fingerprint density at radius 2 is 1.54 bits per heavy atom. The van der Waals surface area contributed by atoms with Crippen LogP contribution in [0, 0.1) is 5.92 Å². The molecule has 0 radical (unpaired) electrons. The normalized spacial score (nSPS) is 13.8. The number of carbonyl (C=O) groups is 3. The van der Waals surface area contributed by atoms with E-state index in [1.165, 1.54) is 12.1 Å². The molecule has 0 spiro atoms. The Labute approximate surface area is 226 Å². The first-order chi connectivity index (χ1) is 17.2. The number of rotatable bonds is 14. The van der Waals surface area contributed by atoms with Crippen LogP contribution in [0.4, 0.5) is 0 Å². The van der Waals surface area contributed by atoms with Gasteiger partial charge in [-0.25, -0.2) is 0 Å². The monoisotopic (exact) mass is 532 g/mol. The van der Waals surface area contributed by atoms with Crippen LogP contribution in [-0.2, 0) is 27.3 Å². The lowest BCUT2D eigenvalue weighted by atomic mass is 9.97. The van der Waals surface area contributed by atoms with E-state index in [0.717, 1.165) is 24.0 Å². The summed E-state index contributed by atoms with van der Waals surface area (Å²) in [7, 11) is 0. The van der Waals surface area contributed by atoms with Gasteiger partial charge in [-0.3, -0.25) is 14.4 Å². The number of halogens is 1. The summed E-state index contributed by atoms with van der Waals surface area (Å²) in [4.78, 5) is 39.2. The van der Waals surface area contributed by atoms with Gasteiger partial charge in [0.15, 0.2) is 0 Å². The molecule has 0 unspecified atom stereocenters. The molecule has 2 rings (SSSR count). The number of nitrogens with two attached hydrogens (primary N) is 1. The topological polar surface area (TPSA) is 134 Å². The van der Waals surface area contributed by atoms with E-state index in [2.05, 4.69) is 16.0 Å². The lowest BCUT2D eigenvalue weighted by Gasteiger charge is -2.27. The zero-order chi connectivity index (χ0) is 26.5.